The fourth-order valence-corrected chi connectivity index (χ4v) is 4.06. The van der Waals surface area contributed by atoms with E-state index in [2.05, 4.69) is 0 Å². The molecule has 3 nitrogen and oxygen atoms in total. The summed E-state index contributed by atoms with van der Waals surface area (Å²) in [7, 11) is -3.47. The van der Waals surface area contributed by atoms with Gasteiger partial charge in [-0.25, -0.2) is 14.2 Å². The largest absolute Gasteiger partial charge is 0.238 e. The van der Waals surface area contributed by atoms with Crippen LogP contribution in [0.5, 0.6) is 0 Å². The van der Waals surface area contributed by atoms with Crippen molar-refractivity contribution >= 4 is 9.84 Å². The average molecular weight is 252 g/mol. The lowest BCUT2D eigenvalue weighted by atomic mass is 9.89. The van der Waals surface area contributed by atoms with Crippen LogP contribution in [0.15, 0.2) is 35.2 Å². The summed E-state index contributed by atoms with van der Waals surface area (Å²) >= 11 is 0. The van der Waals surface area contributed by atoms with Crippen molar-refractivity contribution in [3.05, 3.63) is 30.3 Å². The van der Waals surface area contributed by atoms with Gasteiger partial charge in [-0.3, -0.25) is 0 Å². The molecule has 0 aromatic heterocycles. The first kappa shape index (κ1) is 12.6. The van der Waals surface area contributed by atoms with Crippen LogP contribution in [0.25, 0.3) is 0 Å². The van der Waals surface area contributed by atoms with Gasteiger partial charge in [-0.2, -0.15) is 0 Å². The van der Waals surface area contributed by atoms with Gasteiger partial charge in [-0.15, -0.1) is 0 Å². The minimum Gasteiger partial charge on any atom is -0.238 e. The predicted molar refractivity (Wildman–Crippen MR) is 67.1 cm³/mol. The summed E-state index contributed by atoms with van der Waals surface area (Å²) in [6.07, 6.45) is 5.05. The maximum absolute atomic E-state index is 12.2. The Hall–Kier alpha value is -0.870. The Bertz CT molecular complexity index is 450. The molecule has 1 aromatic carbocycles. The van der Waals surface area contributed by atoms with Crippen LogP contribution in [-0.4, -0.2) is 13.8 Å². The molecule has 1 aliphatic rings. The highest BCUT2D eigenvalue weighted by molar-refractivity contribution is 7.92. The van der Waals surface area contributed by atoms with Gasteiger partial charge in [0.2, 0.25) is 0 Å². The highest BCUT2D eigenvalue weighted by Crippen LogP contribution is 2.30. The molecule has 2 rings (SSSR count). The summed E-state index contributed by atoms with van der Waals surface area (Å²) in [5.41, 5.74) is 8.02. The molecular formula is C13H18NO2S. The van der Waals surface area contributed by atoms with Gasteiger partial charge in [0, 0.05) is 0 Å². The average Bonchev–Trinajstić information content (AvgIpc) is 2.40. The second kappa shape index (κ2) is 5.19. The van der Waals surface area contributed by atoms with Gasteiger partial charge in [0.15, 0.2) is 9.84 Å². The summed E-state index contributed by atoms with van der Waals surface area (Å²) in [6.45, 7) is 0. The topological polar surface area (TPSA) is 57.9 Å². The third kappa shape index (κ3) is 2.69. The maximum atomic E-state index is 12.2. The molecule has 4 heteroatoms. The molecular weight excluding hydrogens is 234 g/mol. The standard InChI is InChI=1S/C13H18NO2S/c14-13(11-7-3-1-4-8-11)17(15,16)12-9-5-2-6-10-12/h2,5-6,9-11,13-14H,1,3-4,7-8H2. The molecule has 1 aliphatic carbocycles. The second-order valence-corrected chi connectivity index (χ2v) is 6.75. The number of rotatable bonds is 3. The molecule has 1 unspecified atom stereocenters. The minimum atomic E-state index is -3.47. The van der Waals surface area contributed by atoms with Crippen LogP contribution in [0.2, 0.25) is 0 Å². The van der Waals surface area contributed by atoms with Gasteiger partial charge < -0.3 is 0 Å². The molecule has 1 saturated carbocycles. The summed E-state index contributed by atoms with van der Waals surface area (Å²) < 4.78 is 24.5. The highest BCUT2D eigenvalue weighted by atomic mass is 32.2. The van der Waals surface area contributed by atoms with Crippen LogP contribution in [0, 0.1) is 5.92 Å². The van der Waals surface area contributed by atoms with E-state index in [1.165, 1.54) is 6.42 Å². The molecule has 0 aliphatic heterocycles. The van der Waals surface area contributed by atoms with Crippen LogP contribution >= 0.6 is 0 Å². The number of hydrogen-bond donors (Lipinski definition) is 0. The van der Waals surface area contributed by atoms with E-state index >= 15 is 0 Å². The molecule has 93 valence electrons. The zero-order chi connectivity index (χ0) is 12.3. The molecule has 0 saturated heterocycles. The van der Waals surface area contributed by atoms with E-state index in [9.17, 15) is 8.42 Å². The fourth-order valence-electron chi connectivity index (χ4n) is 2.45. The quantitative estimate of drug-likeness (QED) is 0.830. The van der Waals surface area contributed by atoms with Crippen molar-refractivity contribution < 1.29 is 8.42 Å². The maximum Gasteiger partial charge on any atom is 0.195 e. The Morgan fingerprint density at radius 3 is 2.24 bits per heavy atom. The second-order valence-electron chi connectivity index (χ2n) is 4.68. The normalized spacial score (nSPS) is 20.1. The van der Waals surface area contributed by atoms with E-state index in [0.717, 1.165) is 25.7 Å². The zero-order valence-corrected chi connectivity index (χ0v) is 10.6. The molecule has 0 bridgehead atoms. The fraction of sp³-hybridized carbons (Fsp3) is 0.538. The number of nitrogens with one attached hydrogen (secondary N) is 1. The molecule has 1 radical (unpaired) electrons. The van der Waals surface area contributed by atoms with Crippen LogP contribution in [0.3, 0.4) is 0 Å². The molecule has 0 spiro atoms. The minimum absolute atomic E-state index is 0.00829. The molecule has 0 heterocycles. The monoisotopic (exact) mass is 252 g/mol. The molecule has 1 fully saturated rings. The Labute approximate surface area is 103 Å². The summed E-state index contributed by atoms with van der Waals surface area (Å²) in [5, 5.41) is -0.995. The van der Waals surface area contributed by atoms with E-state index in [-0.39, 0.29) is 10.8 Å². The van der Waals surface area contributed by atoms with Crippen molar-refractivity contribution in [1.29, 1.82) is 0 Å². The first-order valence-electron chi connectivity index (χ1n) is 6.12. The van der Waals surface area contributed by atoms with Crippen molar-refractivity contribution in [2.45, 2.75) is 42.4 Å². The van der Waals surface area contributed by atoms with Crippen molar-refractivity contribution in [2.24, 2.45) is 5.92 Å². The summed E-state index contributed by atoms with van der Waals surface area (Å²) in [4.78, 5) is 0.283. The lowest BCUT2D eigenvalue weighted by Gasteiger charge is -2.26. The zero-order valence-electron chi connectivity index (χ0n) is 9.80. The molecule has 1 N–H and O–H groups in total. The smallest absolute Gasteiger partial charge is 0.195 e. The highest BCUT2D eigenvalue weighted by Gasteiger charge is 2.32. The predicted octanol–water partition coefficient (Wildman–Crippen LogP) is 2.65. The molecule has 17 heavy (non-hydrogen) atoms. The van der Waals surface area contributed by atoms with Crippen molar-refractivity contribution in [2.75, 3.05) is 0 Å². The van der Waals surface area contributed by atoms with Crippen LogP contribution < -0.4 is 5.73 Å². The van der Waals surface area contributed by atoms with Gasteiger partial charge in [0.05, 0.1) is 4.90 Å². The van der Waals surface area contributed by atoms with Crippen molar-refractivity contribution in [3.8, 4) is 0 Å². The summed E-state index contributed by atoms with van der Waals surface area (Å²) in [6, 6.07) is 8.37. The summed E-state index contributed by atoms with van der Waals surface area (Å²) in [5.74, 6) is 0.00829. The van der Waals surface area contributed by atoms with Crippen molar-refractivity contribution in [3.63, 3.8) is 0 Å². The van der Waals surface area contributed by atoms with E-state index in [4.69, 9.17) is 5.73 Å². The van der Waals surface area contributed by atoms with E-state index in [1.54, 1.807) is 30.3 Å². The molecule has 1 aromatic rings. The number of benzene rings is 1. The lowest BCUT2D eigenvalue weighted by molar-refractivity contribution is 0.339. The Kier molecular flexibility index (Phi) is 3.84. The van der Waals surface area contributed by atoms with Gasteiger partial charge in [-0.1, -0.05) is 37.5 Å². The SMILES string of the molecule is [NH]C(C1CCCCC1)S(=O)(=O)c1ccccc1. The van der Waals surface area contributed by atoms with E-state index in [1.807, 2.05) is 0 Å². The Balaban J connectivity index is 2.20. The Morgan fingerprint density at radius 1 is 1.06 bits per heavy atom. The Morgan fingerprint density at radius 2 is 1.65 bits per heavy atom. The first-order chi connectivity index (χ1) is 8.12. The van der Waals surface area contributed by atoms with Gasteiger partial charge in [-0.05, 0) is 30.9 Å². The third-order valence-electron chi connectivity index (χ3n) is 3.48. The molecule has 0 amide bonds. The van der Waals surface area contributed by atoms with Crippen LogP contribution in [-0.2, 0) is 9.84 Å². The first-order valence-corrected chi connectivity index (χ1v) is 7.67. The van der Waals surface area contributed by atoms with Gasteiger partial charge in [0.25, 0.3) is 0 Å². The number of hydrogen-bond acceptors (Lipinski definition) is 2. The van der Waals surface area contributed by atoms with Gasteiger partial charge in [0.1, 0.15) is 5.37 Å². The van der Waals surface area contributed by atoms with Crippen LogP contribution in [0.1, 0.15) is 32.1 Å². The van der Waals surface area contributed by atoms with E-state index in [0.29, 0.717) is 0 Å². The van der Waals surface area contributed by atoms with Crippen LogP contribution in [0.4, 0.5) is 0 Å². The number of sulfone groups is 1. The lowest BCUT2D eigenvalue weighted by Crippen LogP contribution is -2.32. The third-order valence-corrected chi connectivity index (χ3v) is 5.47. The van der Waals surface area contributed by atoms with E-state index < -0.39 is 15.2 Å². The van der Waals surface area contributed by atoms with Crippen molar-refractivity contribution in [1.82, 2.24) is 5.73 Å². The molecule has 1 atom stereocenters. The van der Waals surface area contributed by atoms with Gasteiger partial charge >= 0.3 is 0 Å².